The molecule has 2 fully saturated rings. The maximum Gasteiger partial charge on any atom is 0.293 e. The molecule has 0 aliphatic carbocycles. The molecule has 0 bridgehead atoms. The first-order chi connectivity index (χ1) is 10.1. The second-order valence-electron chi connectivity index (χ2n) is 5.43. The Bertz CT molecular complexity index is 526. The number of benzene rings is 1. The molecule has 0 radical (unpaired) electrons. The van der Waals surface area contributed by atoms with Crippen LogP contribution in [0.1, 0.15) is 6.42 Å². The van der Waals surface area contributed by atoms with Gasteiger partial charge in [0.25, 0.3) is 5.69 Å². The van der Waals surface area contributed by atoms with Gasteiger partial charge in [-0.25, -0.2) is 0 Å². The van der Waals surface area contributed by atoms with Crippen LogP contribution in [0.2, 0.25) is 0 Å². The topological polar surface area (TPSA) is 58.9 Å². The molecule has 0 N–H and O–H groups in total. The molecule has 0 saturated carbocycles. The summed E-state index contributed by atoms with van der Waals surface area (Å²) in [6.45, 7) is 5.17. The van der Waals surface area contributed by atoms with Crippen LogP contribution in [0.3, 0.4) is 0 Å². The molecule has 2 aliphatic heterocycles. The molecule has 0 aromatic heterocycles. The Labute approximate surface area is 131 Å². The van der Waals surface area contributed by atoms with E-state index in [0.29, 0.717) is 11.7 Å². The van der Waals surface area contributed by atoms with Gasteiger partial charge in [-0.05, 0) is 18.6 Å². The van der Waals surface area contributed by atoms with Gasteiger partial charge in [0.05, 0.1) is 11.5 Å². The molecule has 1 atom stereocenters. The molecule has 2 saturated heterocycles. The third-order valence-electron chi connectivity index (χ3n) is 4.21. The van der Waals surface area contributed by atoms with Gasteiger partial charge in [0.15, 0.2) is 0 Å². The fourth-order valence-corrected chi connectivity index (χ4v) is 3.40. The third-order valence-corrected chi connectivity index (χ3v) is 4.70. The lowest BCUT2D eigenvalue weighted by Gasteiger charge is -2.38. The smallest absolute Gasteiger partial charge is 0.293 e. The highest BCUT2D eigenvalue weighted by atomic mass is 79.9. The van der Waals surface area contributed by atoms with Gasteiger partial charge in [-0.3, -0.25) is 15.0 Å². The number of rotatable bonds is 3. The zero-order valence-corrected chi connectivity index (χ0v) is 13.3. The molecular weight excluding hydrogens is 338 g/mol. The number of piperazine rings is 1. The molecule has 7 heteroatoms. The number of anilines is 1. The number of hydrogen-bond donors (Lipinski definition) is 0. The predicted octanol–water partition coefficient (Wildman–Crippen LogP) is 2.27. The van der Waals surface area contributed by atoms with Crippen molar-refractivity contribution in [3.8, 4) is 0 Å². The van der Waals surface area contributed by atoms with Crippen molar-refractivity contribution in [1.82, 2.24) is 4.90 Å². The van der Waals surface area contributed by atoms with Gasteiger partial charge in [0, 0.05) is 49.4 Å². The lowest BCUT2D eigenvalue weighted by molar-refractivity contribution is -0.384. The number of nitro groups is 1. The Kier molecular flexibility index (Phi) is 4.42. The van der Waals surface area contributed by atoms with Crippen molar-refractivity contribution in [2.45, 2.75) is 12.5 Å². The van der Waals surface area contributed by atoms with Gasteiger partial charge in [0.2, 0.25) is 0 Å². The fraction of sp³-hybridized carbons (Fsp3) is 0.571. The Morgan fingerprint density at radius 3 is 2.67 bits per heavy atom. The molecule has 3 rings (SSSR count). The van der Waals surface area contributed by atoms with Crippen LogP contribution in [0.15, 0.2) is 22.7 Å². The Hall–Kier alpha value is -1.18. The largest absolute Gasteiger partial charge is 0.380 e. The van der Waals surface area contributed by atoms with Crippen LogP contribution in [-0.2, 0) is 4.74 Å². The van der Waals surface area contributed by atoms with Crippen molar-refractivity contribution >= 4 is 27.3 Å². The quantitative estimate of drug-likeness (QED) is 0.614. The number of nitro benzene ring substituents is 1. The summed E-state index contributed by atoms with van der Waals surface area (Å²) in [7, 11) is 0. The van der Waals surface area contributed by atoms with E-state index in [4.69, 9.17) is 4.74 Å². The molecule has 0 amide bonds. The van der Waals surface area contributed by atoms with E-state index in [9.17, 15) is 10.1 Å². The van der Waals surface area contributed by atoms with Crippen molar-refractivity contribution < 1.29 is 9.66 Å². The zero-order chi connectivity index (χ0) is 14.8. The molecule has 6 nitrogen and oxygen atoms in total. The van der Waals surface area contributed by atoms with Gasteiger partial charge >= 0.3 is 0 Å². The summed E-state index contributed by atoms with van der Waals surface area (Å²) in [5, 5.41) is 11.2. The highest BCUT2D eigenvalue weighted by molar-refractivity contribution is 9.10. The second kappa shape index (κ2) is 6.29. The van der Waals surface area contributed by atoms with Crippen molar-refractivity contribution in [3.63, 3.8) is 0 Å². The molecule has 2 heterocycles. The number of halogens is 1. The predicted molar refractivity (Wildman–Crippen MR) is 83.8 cm³/mol. The fourth-order valence-electron chi connectivity index (χ4n) is 3.05. The van der Waals surface area contributed by atoms with Crippen LogP contribution in [-0.4, -0.2) is 55.3 Å². The molecule has 0 unspecified atom stereocenters. The van der Waals surface area contributed by atoms with Crippen molar-refractivity contribution in [3.05, 3.63) is 32.8 Å². The lowest BCUT2D eigenvalue weighted by atomic mass is 10.1. The van der Waals surface area contributed by atoms with E-state index < -0.39 is 0 Å². The maximum absolute atomic E-state index is 11.2. The van der Waals surface area contributed by atoms with Crippen LogP contribution in [0.25, 0.3) is 0 Å². The maximum atomic E-state index is 11.2. The molecule has 2 aliphatic rings. The SMILES string of the molecule is O=[N+]([O-])c1cc(Br)ccc1N1CCN([C@H]2CCOC2)CC1. The van der Waals surface area contributed by atoms with Crippen LogP contribution in [0.5, 0.6) is 0 Å². The third kappa shape index (κ3) is 3.20. The molecule has 21 heavy (non-hydrogen) atoms. The van der Waals surface area contributed by atoms with Gasteiger partial charge < -0.3 is 9.64 Å². The average molecular weight is 356 g/mol. The Balaban J connectivity index is 1.70. The standard InChI is InChI=1S/C14H18BrN3O3/c15-11-1-2-13(14(9-11)18(19)20)17-6-4-16(5-7-17)12-3-8-21-10-12/h1-2,9,12H,3-8,10H2/t12-/m0/s1. The second-order valence-corrected chi connectivity index (χ2v) is 6.35. The van der Waals surface area contributed by atoms with Gasteiger partial charge in [-0.15, -0.1) is 0 Å². The van der Waals surface area contributed by atoms with Crippen LogP contribution in [0.4, 0.5) is 11.4 Å². The first-order valence-corrected chi connectivity index (χ1v) is 7.95. The summed E-state index contributed by atoms with van der Waals surface area (Å²) in [5.41, 5.74) is 0.882. The summed E-state index contributed by atoms with van der Waals surface area (Å²) >= 11 is 3.30. The van der Waals surface area contributed by atoms with E-state index >= 15 is 0 Å². The average Bonchev–Trinajstić information content (AvgIpc) is 3.01. The number of ether oxygens (including phenoxy) is 1. The highest BCUT2D eigenvalue weighted by Crippen LogP contribution is 2.32. The van der Waals surface area contributed by atoms with Crippen LogP contribution >= 0.6 is 15.9 Å². The van der Waals surface area contributed by atoms with Crippen LogP contribution < -0.4 is 4.90 Å². The van der Waals surface area contributed by atoms with Crippen molar-refractivity contribution in [2.24, 2.45) is 0 Å². The van der Waals surface area contributed by atoms with Crippen LogP contribution in [0, 0.1) is 10.1 Å². The first-order valence-electron chi connectivity index (χ1n) is 7.16. The molecule has 1 aromatic rings. The van der Waals surface area contributed by atoms with Crippen molar-refractivity contribution in [1.29, 1.82) is 0 Å². The summed E-state index contributed by atoms with van der Waals surface area (Å²) < 4.78 is 6.17. The normalized spacial score (nSPS) is 23.5. The van der Waals surface area contributed by atoms with E-state index in [1.807, 2.05) is 12.1 Å². The van der Waals surface area contributed by atoms with E-state index in [2.05, 4.69) is 25.7 Å². The summed E-state index contributed by atoms with van der Waals surface area (Å²) in [5.74, 6) is 0. The highest BCUT2D eigenvalue weighted by Gasteiger charge is 2.29. The van der Waals surface area contributed by atoms with Gasteiger partial charge in [-0.2, -0.15) is 0 Å². The Morgan fingerprint density at radius 2 is 2.05 bits per heavy atom. The summed E-state index contributed by atoms with van der Waals surface area (Å²) in [4.78, 5) is 15.5. The Morgan fingerprint density at radius 1 is 1.29 bits per heavy atom. The molecule has 114 valence electrons. The van der Waals surface area contributed by atoms with Gasteiger partial charge in [-0.1, -0.05) is 15.9 Å². The minimum absolute atomic E-state index is 0.169. The molecule has 0 spiro atoms. The van der Waals surface area contributed by atoms with Crippen molar-refractivity contribution in [2.75, 3.05) is 44.3 Å². The zero-order valence-electron chi connectivity index (χ0n) is 11.7. The molecular formula is C14H18BrN3O3. The minimum atomic E-state index is -0.308. The van der Waals surface area contributed by atoms with Gasteiger partial charge in [0.1, 0.15) is 5.69 Å². The van der Waals surface area contributed by atoms with E-state index in [0.717, 1.165) is 50.3 Å². The number of hydrogen-bond acceptors (Lipinski definition) is 5. The monoisotopic (exact) mass is 355 g/mol. The summed E-state index contributed by atoms with van der Waals surface area (Å²) in [6, 6.07) is 5.79. The lowest BCUT2D eigenvalue weighted by Crippen LogP contribution is -2.50. The summed E-state index contributed by atoms with van der Waals surface area (Å²) in [6.07, 6.45) is 1.10. The number of nitrogens with zero attached hydrogens (tertiary/aromatic N) is 3. The minimum Gasteiger partial charge on any atom is -0.380 e. The first kappa shape index (κ1) is 14.7. The van der Waals surface area contributed by atoms with E-state index in [1.54, 1.807) is 6.07 Å². The molecule has 1 aromatic carbocycles. The van der Waals surface area contributed by atoms with E-state index in [-0.39, 0.29) is 10.6 Å². The van der Waals surface area contributed by atoms with E-state index in [1.165, 1.54) is 0 Å².